The van der Waals surface area contributed by atoms with E-state index in [9.17, 15) is 18.0 Å². The van der Waals surface area contributed by atoms with Gasteiger partial charge in [0.25, 0.3) is 0 Å². The fraction of sp³-hybridized carbons (Fsp3) is 0.500. The zero-order chi connectivity index (χ0) is 15.7. The highest BCUT2D eigenvalue weighted by atomic mass is 19.4. The van der Waals surface area contributed by atoms with Gasteiger partial charge < -0.3 is 14.8 Å². The van der Waals surface area contributed by atoms with Gasteiger partial charge in [0.2, 0.25) is 0 Å². The van der Waals surface area contributed by atoms with E-state index in [2.05, 4.69) is 0 Å². The number of aryl methyl sites for hydroxylation is 1. The van der Waals surface area contributed by atoms with Crippen LogP contribution < -0.4 is 10.1 Å². The Kier molecular flexibility index (Phi) is 7.01. The number of rotatable bonds is 8. The van der Waals surface area contributed by atoms with Crippen LogP contribution in [0, 0.1) is 0 Å². The molecule has 4 nitrogen and oxygen atoms in total. The Morgan fingerprint density at radius 1 is 1.29 bits per heavy atom. The van der Waals surface area contributed by atoms with Crippen molar-refractivity contribution in [2.24, 2.45) is 0 Å². The molecule has 0 heterocycles. The topological polar surface area (TPSA) is 47.6 Å². The van der Waals surface area contributed by atoms with Gasteiger partial charge in [0.15, 0.2) is 0 Å². The smallest absolute Gasteiger partial charge is 0.471 e. The van der Waals surface area contributed by atoms with Gasteiger partial charge >= 0.3 is 12.1 Å². The van der Waals surface area contributed by atoms with Gasteiger partial charge in [-0.3, -0.25) is 4.79 Å². The summed E-state index contributed by atoms with van der Waals surface area (Å²) < 4.78 is 46.1. The number of methoxy groups -OCH3 is 1. The van der Waals surface area contributed by atoms with E-state index in [-0.39, 0.29) is 13.2 Å². The van der Waals surface area contributed by atoms with Crippen molar-refractivity contribution >= 4 is 5.91 Å². The predicted octanol–water partition coefficient (Wildman–Crippen LogP) is 2.32. The second kappa shape index (κ2) is 8.51. The molecule has 0 aliphatic rings. The van der Waals surface area contributed by atoms with Gasteiger partial charge in [0.05, 0.1) is 6.54 Å². The lowest BCUT2D eigenvalue weighted by Crippen LogP contribution is -2.38. The van der Waals surface area contributed by atoms with Crippen LogP contribution in [0.25, 0.3) is 0 Å². The van der Waals surface area contributed by atoms with Crippen molar-refractivity contribution in [2.45, 2.75) is 19.0 Å². The Hall–Kier alpha value is -1.76. The molecule has 1 aromatic rings. The Balaban J connectivity index is 2.32. The van der Waals surface area contributed by atoms with E-state index < -0.39 is 12.1 Å². The van der Waals surface area contributed by atoms with Gasteiger partial charge in [0.1, 0.15) is 12.4 Å². The van der Waals surface area contributed by atoms with Crippen molar-refractivity contribution in [3.8, 4) is 5.75 Å². The molecule has 0 radical (unpaired) electrons. The molecule has 7 heteroatoms. The second-order valence-corrected chi connectivity index (χ2v) is 4.35. The first-order chi connectivity index (χ1) is 9.93. The van der Waals surface area contributed by atoms with E-state index in [1.165, 1.54) is 0 Å². The SMILES string of the molecule is COCCCc1cccc(OCCNC(=O)C(F)(F)F)c1. The molecule has 118 valence electrons. The first-order valence-electron chi connectivity index (χ1n) is 6.49. The van der Waals surface area contributed by atoms with E-state index in [1.807, 2.05) is 18.2 Å². The van der Waals surface area contributed by atoms with Crippen molar-refractivity contribution in [1.29, 1.82) is 0 Å². The molecule has 0 spiro atoms. The average molecular weight is 305 g/mol. The molecule has 0 unspecified atom stereocenters. The first kappa shape index (κ1) is 17.3. The van der Waals surface area contributed by atoms with Crippen LogP contribution in [-0.2, 0) is 16.0 Å². The van der Waals surface area contributed by atoms with Crippen molar-refractivity contribution in [3.05, 3.63) is 29.8 Å². The van der Waals surface area contributed by atoms with Crippen LogP contribution in [0.15, 0.2) is 24.3 Å². The molecule has 0 saturated heterocycles. The third-order valence-corrected chi connectivity index (χ3v) is 2.63. The summed E-state index contributed by atoms with van der Waals surface area (Å²) in [5.74, 6) is -1.40. The summed E-state index contributed by atoms with van der Waals surface area (Å²) in [5.41, 5.74) is 1.06. The molecule has 0 fully saturated rings. The third kappa shape index (κ3) is 6.99. The maximum Gasteiger partial charge on any atom is 0.471 e. The fourth-order valence-corrected chi connectivity index (χ4v) is 1.65. The molecule has 0 atom stereocenters. The molecule has 1 amide bonds. The van der Waals surface area contributed by atoms with Crippen LogP contribution in [0.1, 0.15) is 12.0 Å². The molecule has 1 aromatic carbocycles. The molecular formula is C14H18F3NO3. The molecule has 0 saturated carbocycles. The molecular weight excluding hydrogens is 287 g/mol. The average Bonchev–Trinajstić information content (AvgIpc) is 2.43. The van der Waals surface area contributed by atoms with E-state index in [0.29, 0.717) is 12.4 Å². The van der Waals surface area contributed by atoms with Crippen LogP contribution in [0.4, 0.5) is 13.2 Å². The maximum absolute atomic E-state index is 11.9. The summed E-state index contributed by atoms with van der Waals surface area (Å²) >= 11 is 0. The number of amides is 1. The lowest BCUT2D eigenvalue weighted by atomic mass is 10.1. The van der Waals surface area contributed by atoms with E-state index >= 15 is 0 Å². The highest BCUT2D eigenvalue weighted by Crippen LogP contribution is 2.15. The molecule has 21 heavy (non-hydrogen) atoms. The standard InChI is InChI=1S/C14H18F3NO3/c1-20-8-3-5-11-4-2-6-12(10-11)21-9-7-18-13(19)14(15,16)17/h2,4,6,10H,3,5,7-9H2,1H3,(H,18,19). The van der Waals surface area contributed by atoms with Crippen LogP contribution in [-0.4, -0.2) is 39.0 Å². The Morgan fingerprint density at radius 2 is 2.05 bits per heavy atom. The normalized spacial score (nSPS) is 11.2. The third-order valence-electron chi connectivity index (χ3n) is 2.63. The van der Waals surface area contributed by atoms with Crippen LogP contribution in [0.5, 0.6) is 5.75 Å². The second-order valence-electron chi connectivity index (χ2n) is 4.35. The molecule has 1 rings (SSSR count). The van der Waals surface area contributed by atoms with Crippen LogP contribution in [0.2, 0.25) is 0 Å². The van der Waals surface area contributed by atoms with Gasteiger partial charge in [-0.25, -0.2) is 0 Å². The minimum atomic E-state index is -4.86. The summed E-state index contributed by atoms with van der Waals surface area (Å²) in [5, 5.41) is 1.74. The largest absolute Gasteiger partial charge is 0.492 e. The predicted molar refractivity (Wildman–Crippen MR) is 71.2 cm³/mol. The highest BCUT2D eigenvalue weighted by Gasteiger charge is 2.38. The Labute approximate surface area is 121 Å². The van der Waals surface area contributed by atoms with Gasteiger partial charge in [-0.1, -0.05) is 12.1 Å². The monoisotopic (exact) mass is 305 g/mol. The van der Waals surface area contributed by atoms with Gasteiger partial charge in [-0.15, -0.1) is 0 Å². The quantitative estimate of drug-likeness (QED) is 0.750. The number of halogens is 3. The van der Waals surface area contributed by atoms with Crippen molar-refractivity contribution in [2.75, 3.05) is 26.9 Å². The van der Waals surface area contributed by atoms with Crippen LogP contribution in [0.3, 0.4) is 0 Å². The van der Waals surface area contributed by atoms with Crippen molar-refractivity contribution < 1.29 is 27.4 Å². The van der Waals surface area contributed by atoms with E-state index in [0.717, 1.165) is 18.4 Å². The zero-order valence-electron chi connectivity index (χ0n) is 11.7. The number of hydrogen-bond donors (Lipinski definition) is 1. The van der Waals surface area contributed by atoms with Crippen molar-refractivity contribution in [3.63, 3.8) is 0 Å². The first-order valence-corrected chi connectivity index (χ1v) is 6.49. The fourth-order valence-electron chi connectivity index (χ4n) is 1.65. The number of nitrogens with one attached hydrogen (secondary N) is 1. The molecule has 0 bridgehead atoms. The van der Waals surface area contributed by atoms with Crippen molar-refractivity contribution in [1.82, 2.24) is 5.32 Å². The van der Waals surface area contributed by atoms with E-state index in [4.69, 9.17) is 9.47 Å². The maximum atomic E-state index is 11.9. The number of hydrogen-bond acceptors (Lipinski definition) is 3. The van der Waals surface area contributed by atoms with Gasteiger partial charge in [0, 0.05) is 13.7 Å². The van der Waals surface area contributed by atoms with Gasteiger partial charge in [-0.05, 0) is 30.5 Å². The number of benzene rings is 1. The molecule has 0 aromatic heterocycles. The highest BCUT2D eigenvalue weighted by molar-refractivity contribution is 5.81. The Bertz CT molecular complexity index is 449. The minimum absolute atomic E-state index is 0.0245. The summed E-state index contributed by atoms with van der Waals surface area (Å²) in [6, 6.07) is 7.28. The summed E-state index contributed by atoms with van der Waals surface area (Å²) in [6.45, 7) is 0.435. The molecule has 0 aliphatic heterocycles. The summed E-state index contributed by atoms with van der Waals surface area (Å²) in [7, 11) is 1.63. The lowest BCUT2D eigenvalue weighted by molar-refractivity contribution is -0.173. The van der Waals surface area contributed by atoms with Crippen LogP contribution >= 0.6 is 0 Å². The van der Waals surface area contributed by atoms with E-state index in [1.54, 1.807) is 18.5 Å². The number of alkyl halides is 3. The molecule has 1 N–H and O–H groups in total. The summed E-state index contributed by atoms with van der Waals surface area (Å²) in [4.78, 5) is 10.6. The number of carbonyl (C=O) groups is 1. The lowest BCUT2D eigenvalue weighted by Gasteiger charge is -2.10. The number of ether oxygens (including phenoxy) is 2. The minimum Gasteiger partial charge on any atom is -0.492 e. The molecule has 0 aliphatic carbocycles. The number of carbonyl (C=O) groups excluding carboxylic acids is 1. The summed E-state index contributed by atoms with van der Waals surface area (Å²) in [6.07, 6.45) is -3.15. The Morgan fingerprint density at radius 3 is 2.71 bits per heavy atom. The van der Waals surface area contributed by atoms with Gasteiger partial charge in [-0.2, -0.15) is 13.2 Å². The zero-order valence-corrected chi connectivity index (χ0v) is 11.7.